The zero-order chi connectivity index (χ0) is 20.1. The van der Waals surface area contributed by atoms with Gasteiger partial charge in [-0.15, -0.1) is 0 Å². The van der Waals surface area contributed by atoms with Gasteiger partial charge in [0.15, 0.2) is 0 Å². The molecule has 0 spiro atoms. The molecule has 7 heteroatoms. The first-order valence-corrected chi connectivity index (χ1v) is 9.55. The van der Waals surface area contributed by atoms with Crippen molar-refractivity contribution in [1.29, 1.82) is 0 Å². The van der Waals surface area contributed by atoms with Gasteiger partial charge in [0.25, 0.3) is 5.91 Å². The lowest BCUT2D eigenvalue weighted by molar-refractivity contribution is 0.0950. The van der Waals surface area contributed by atoms with Gasteiger partial charge in [-0.25, -0.2) is 4.98 Å². The van der Waals surface area contributed by atoms with Gasteiger partial charge in [-0.05, 0) is 55.2 Å². The van der Waals surface area contributed by atoms with E-state index in [1.165, 1.54) is 19.0 Å². The van der Waals surface area contributed by atoms with Crippen molar-refractivity contribution >= 4 is 5.91 Å². The third-order valence-corrected chi connectivity index (χ3v) is 4.73. The molecule has 4 rings (SSSR count). The van der Waals surface area contributed by atoms with E-state index < -0.39 is 0 Å². The fourth-order valence-electron chi connectivity index (χ4n) is 2.87. The lowest BCUT2D eigenvalue weighted by Gasteiger charge is -2.09. The molecule has 1 amide bonds. The van der Waals surface area contributed by atoms with Crippen molar-refractivity contribution in [2.45, 2.75) is 19.4 Å². The predicted octanol–water partition coefficient (Wildman–Crippen LogP) is 3.27. The Bertz CT molecular complexity index is 987. The van der Waals surface area contributed by atoms with Crippen LogP contribution in [0.3, 0.4) is 0 Å². The summed E-state index contributed by atoms with van der Waals surface area (Å²) in [5, 5.41) is 11.0. The number of rotatable bonds is 8. The summed E-state index contributed by atoms with van der Waals surface area (Å²) in [6.45, 7) is 1.08. The van der Waals surface area contributed by atoms with E-state index in [2.05, 4.69) is 20.5 Å². The number of aromatic nitrogens is 3. The molecule has 1 aliphatic rings. The maximum atomic E-state index is 12.6. The van der Waals surface area contributed by atoms with Crippen LogP contribution in [-0.4, -0.2) is 34.8 Å². The molecule has 1 aromatic carbocycles. The molecule has 1 N–H and O–H groups in total. The number of methoxy groups -OCH3 is 1. The fourth-order valence-corrected chi connectivity index (χ4v) is 2.87. The van der Waals surface area contributed by atoms with Gasteiger partial charge in [-0.2, -0.15) is 10.2 Å². The number of benzene rings is 1. The molecule has 2 heterocycles. The zero-order valence-corrected chi connectivity index (χ0v) is 16.2. The Labute approximate surface area is 169 Å². The van der Waals surface area contributed by atoms with E-state index in [9.17, 15) is 4.79 Å². The van der Waals surface area contributed by atoms with Gasteiger partial charge >= 0.3 is 0 Å². The molecule has 1 fully saturated rings. The van der Waals surface area contributed by atoms with Crippen molar-refractivity contribution in [2.24, 2.45) is 5.92 Å². The van der Waals surface area contributed by atoms with E-state index in [0.717, 1.165) is 23.5 Å². The number of hydrogen-bond donors (Lipinski definition) is 1. The smallest absolute Gasteiger partial charge is 0.253 e. The van der Waals surface area contributed by atoms with Crippen LogP contribution in [0.4, 0.5) is 0 Å². The molecule has 0 saturated heterocycles. The van der Waals surface area contributed by atoms with E-state index in [-0.39, 0.29) is 5.91 Å². The molecule has 148 valence electrons. The number of carbonyl (C=O) groups excluding carboxylic acids is 1. The molecule has 0 unspecified atom stereocenters. The Hall–Kier alpha value is -3.48. The highest BCUT2D eigenvalue weighted by atomic mass is 16.5. The number of nitrogens with zero attached hydrogens (tertiary/aromatic N) is 3. The quantitative estimate of drug-likeness (QED) is 0.635. The summed E-state index contributed by atoms with van der Waals surface area (Å²) in [6.07, 6.45) is 5.62. The second-order valence-corrected chi connectivity index (χ2v) is 6.96. The topological polar surface area (TPSA) is 86.2 Å². The summed E-state index contributed by atoms with van der Waals surface area (Å²) in [5.74, 6) is 1.80. The monoisotopic (exact) mass is 390 g/mol. The van der Waals surface area contributed by atoms with Crippen LogP contribution < -0.4 is 14.8 Å². The molecule has 0 bridgehead atoms. The van der Waals surface area contributed by atoms with Gasteiger partial charge in [0.2, 0.25) is 5.88 Å². The lowest BCUT2D eigenvalue weighted by Crippen LogP contribution is -2.23. The molecular formula is C22H22N4O3. The highest BCUT2D eigenvalue weighted by molar-refractivity contribution is 5.94. The van der Waals surface area contributed by atoms with Gasteiger partial charge in [0, 0.05) is 23.9 Å². The Morgan fingerprint density at radius 3 is 2.79 bits per heavy atom. The Balaban J connectivity index is 1.41. The summed E-state index contributed by atoms with van der Waals surface area (Å²) in [7, 11) is 1.55. The van der Waals surface area contributed by atoms with Crippen LogP contribution in [-0.2, 0) is 6.54 Å². The van der Waals surface area contributed by atoms with Crippen molar-refractivity contribution in [1.82, 2.24) is 20.5 Å². The molecule has 7 nitrogen and oxygen atoms in total. The first-order chi connectivity index (χ1) is 14.2. The van der Waals surface area contributed by atoms with Crippen LogP contribution in [0.2, 0.25) is 0 Å². The molecule has 1 saturated carbocycles. The average Bonchev–Trinajstić information content (AvgIpc) is 3.61. The van der Waals surface area contributed by atoms with E-state index in [1.807, 2.05) is 30.3 Å². The number of ether oxygens (including phenoxy) is 2. The van der Waals surface area contributed by atoms with Gasteiger partial charge < -0.3 is 14.8 Å². The van der Waals surface area contributed by atoms with Crippen LogP contribution in [0.25, 0.3) is 11.3 Å². The third kappa shape index (κ3) is 4.87. The summed E-state index contributed by atoms with van der Waals surface area (Å²) in [6, 6.07) is 13.1. The molecule has 2 aromatic heterocycles. The third-order valence-electron chi connectivity index (χ3n) is 4.73. The molecule has 0 atom stereocenters. The number of hydrogen-bond acceptors (Lipinski definition) is 6. The van der Waals surface area contributed by atoms with Crippen LogP contribution in [0.15, 0.2) is 54.9 Å². The summed E-state index contributed by atoms with van der Waals surface area (Å²) in [5.41, 5.74) is 2.74. The van der Waals surface area contributed by atoms with Crippen molar-refractivity contribution in [3.63, 3.8) is 0 Å². The number of nitrogens with one attached hydrogen (secondary N) is 1. The highest BCUT2D eigenvalue weighted by Gasteiger charge is 2.21. The largest absolute Gasteiger partial charge is 0.493 e. The standard InChI is InChI=1S/C22H22N4O3/c1-28-22-17(3-2-10-23-22)12-24-21(27)18-11-20(26-25-13-18)16-6-8-19(9-7-16)29-14-15-4-5-15/h2-3,6-11,13,15H,4-5,12,14H2,1H3,(H,24,27). The molecule has 1 aliphatic carbocycles. The number of carbonyl (C=O) groups is 1. The van der Waals surface area contributed by atoms with Gasteiger partial charge in [0.05, 0.1) is 31.2 Å². The molecular weight excluding hydrogens is 368 g/mol. The molecule has 0 radical (unpaired) electrons. The van der Waals surface area contributed by atoms with Crippen LogP contribution >= 0.6 is 0 Å². The van der Waals surface area contributed by atoms with Crippen LogP contribution in [0.5, 0.6) is 11.6 Å². The maximum absolute atomic E-state index is 12.6. The van der Waals surface area contributed by atoms with Crippen molar-refractivity contribution < 1.29 is 14.3 Å². The van der Waals surface area contributed by atoms with Crippen molar-refractivity contribution in [3.8, 4) is 22.9 Å². The minimum absolute atomic E-state index is 0.239. The van der Waals surface area contributed by atoms with Gasteiger partial charge in [0.1, 0.15) is 5.75 Å². The highest BCUT2D eigenvalue weighted by Crippen LogP contribution is 2.30. The second-order valence-electron chi connectivity index (χ2n) is 6.96. The number of pyridine rings is 1. The van der Waals surface area contributed by atoms with Crippen LogP contribution in [0.1, 0.15) is 28.8 Å². The predicted molar refractivity (Wildman–Crippen MR) is 108 cm³/mol. The molecule has 29 heavy (non-hydrogen) atoms. The Morgan fingerprint density at radius 2 is 2.03 bits per heavy atom. The van der Waals surface area contributed by atoms with Crippen LogP contribution in [0, 0.1) is 5.92 Å². The Kier molecular flexibility index (Phi) is 5.65. The first-order valence-electron chi connectivity index (χ1n) is 9.55. The maximum Gasteiger partial charge on any atom is 0.253 e. The summed E-state index contributed by atoms with van der Waals surface area (Å²) in [4.78, 5) is 16.7. The van der Waals surface area contributed by atoms with E-state index in [1.54, 1.807) is 25.4 Å². The molecule has 0 aliphatic heterocycles. The average molecular weight is 390 g/mol. The van der Waals surface area contributed by atoms with Crippen molar-refractivity contribution in [2.75, 3.05) is 13.7 Å². The van der Waals surface area contributed by atoms with E-state index >= 15 is 0 Å². The Morgan fingerprint density at radius 1 is 1.21 bits per heavy atom. The normalized spacial score (nSPS) is 13.0. The second kappa shape index (κ2) is 8.68. The fraction of sp³-hybridized carbons (Fsp3) is 0.273. The van der Waals surface area contributed by atoms with E-state index in [0.29, 0.717) is 29.6 Å². The molecule has 3 aromatic rings. The van der Waals surface area contributed by atoms with Gasteiger partial charge in [-0.3, -0.25) is 4.79 Å². The minimum Gasteiger partial charge on any atom is -0.493 e. The summed E-state index contributed by atoms with van der Waals surface area (Å²) >= 11 is 0. The minimum atomic E-state index is -0.239. The first kappa shape index (κ1) is 18.9. The number of amides is 1. The van der Waals surface area contributed by atoms with Crippen molar-refractivity contribution in [3.05, 3.63) is 66.0 Å². The van der Waals surface area contributed by atoms with Gasteiger partial charge in [-0.1, -0.05) is 6.07 Å². The zero-order valence-electron chi connectivity index (χ0n) is 16.2. The van der Waals surface area contributed by atoms with E-state index in [4.69, 9.17) is 9.47 Å². The lowest BCUT2D eigenvalue weighted by atomic mass is 10.1. The SMILES string of the molecule is COc1ncccc1CNC(=O)c1cnnc(-c2ccc(OCC3CC3)cc2)c1. The summed E-state index contributed by atoms with van der Waals surface area (Å²) < 4.78 is 11.0.